The van der Waals surface area contributed by atoms with Crippen molar-refractivity contribution in [1.82, 2.24) is 5.32 Å². The lowest BCUT2D eigenvalue weighted by Crippen LogP contribution is -2.51. The fraction of sp³-hybridized carbons (Fsp3) is 1.00. The molecule has 0 bridgehead atoms. The minimum atomic E-state index is -0.570. The summed E-state index contributed by atoms with van der Waals surface area (Å²) in [5.74, 6) is 0.694. The van der Waals surface area contributed by atoms with Gasteiger partial charge in [-0.15, -0.1) is 0 Å². The van der Waals surface area contributed by atoms with Crippen molar-refractivity contribution in [1.29, 1.82) is 0 Å². The molecule has 2 N–H and O–H groups in total. The third-order valence-electron chi connectivity index (χ3n) is 2.69. The molecule has 0 spiro atoms. The highest BCUT2D eigenvalue weighted by molar-refractivity contribution is 4.91. The van der Waals surface area contributed by atoms with Crippen LogP contribution in [0.2, 0.25) is 0 Å². The lowest BCUT2D eigenvalue weighted by Gasteiger charge is -2.40. The summed E-state index contributed by atoms with van der Waals surface area (Å²) in [5.41, 5.74) is -0.570. The summed E-state index contributed by atoms with van der Waals surface area (Å²) < 4.78 is 0. The minimum Gasteiger partial charge on any atom is -0.389 e. The molecule has 1 unspecified atom stereocenters. The Labute approximate surface area is 69.0 Å². The monoisotopic (exact) mass is 157 g/mol. The molecule has 1 rings (SSSR count). The van der Waals surface area contributed by atoms with Crippen molar-refractivity contribution in [2.75, 3.05) is 7.05 Å². The van der Waals surface area contributed by atoms with Gasteiger partial charge in [0.2, 0.25) is 0 Å². The number of rotatable bonds is 3. The summed E-state index contributed by atoms with van der Waals surface area (Å²) in [6, 6.07) is 0.274. The van der Waals surface area contributed by atoms with E-state index in [2.05, 4.69) is 5.32 Å². The van der Waals surface area contributed by atoms with Crippen molar-refractivity contribution in [3.05, 3.63) is 0 Å². The molecule has 0 aliphatic heterocycles. The van der Waals surface area contributed by atoms with Gasteiger partial charge in [0.15, 0.2) is 0 Å². The van der Waals surface area contributed by atoms with Crippen molar-refractivity contribution in [3.8, 4) is 0 Å². The van der Waals surface area contributed by atoms with Crippen LogP contribution in [0.25, 0.3) is 0 Å². The predicted octanol–water partition coefficient (Wildman–Crippen LogP) is 1.15. The Hall–Kier alpha value is -0.0800. The lowest BCUT2D eigenvalue weighted by molar-refractivity contribution is 0.000342. The van der Waals surface area contributed by atoms with Crippen LogP contribution in [0, 0.1) is 5.92 Å². The highest BCUT2D eigenvalue weighted by Gasteiger charge is 2.35. The first-order valence-electron chi connectivity index (χ1n) is 4.45. The second-order valence-electron chi connectivity index (χ2n) is 4.11. The van der Waals surface area contributed by atoms with Gasteiger partial charge in [0, 0.05) is 6.04 Å². The first-order chi connectivity index (χ1) is 5.05. The van der Waals surface area contributed by atoms with Crippen LogP contribution in [0.1, 0.15) is 33.1 Å². The van der Waals surface area contributed by atoms with Crippen molar-refractivity contribution in [3.63, 3.8) is 0 Å². The molecule has 0 aromatic rings. The third-order valence-corrected chi connectivity index (χ3v) is 2.69. The summed E-state index contributed by atoms with van der Waals surface area (Å²) in [4.78, 5) is 0. The fourth-order valence-corrected chi connectivity index (χ4v) is 1.94. The molecule has 0 amide bonds. The zero-order valence-electron chi connectivity index (χ0n) is 7.72. The summed E-state index contributed by atoms with van der Waals surface area (Å²) in [5, 5.41) is 12.9. The molecule has 1 saturated carbocycles. The largest absolute Gasteiger partial charge is 0.389 e. The molecule has 2 heteroatoms. The number of nitrogens with one attached hydrogen (secondary N) is 1. The van der Waals surface area contributed by atoms with E-state index in [4.69, 9.17) is 0 Å². The van der Waals surface area contributed by atoms with Gasteiger partial charge in [-0.05, 0) is 39.7 Å². The van der Waals surface area contributed by atoms with Gasteiger partial charge in [0.25, 0.3) is 0 Å². The average Bonchev–Trinajstić information content (AvgIpc) is 1.74. The Morgan fingerprint density at radius 1 is 1.45 bits per heavy atom. The summed E-state index contributed by atoms with van der Waals surface area (Å²) in [7, 11) is 1.93. The fourth-order valence-electron chi connectivity index (χ4n) is 1.94. The highest BCUT2D eigenvalue weighted by atomic mass is 16.3. The van der Waals surface area contributed by atoms with Crippen LogP contribution in [0.4, 0.5) is 0 Å². The molecule has 1 atom stereocenters. The van der Waals surface area contributed by atoms with Gasteiger partial charge in [-0.3, -0.25) is 0 Å². The van der Waals surface area contributed by atoms with Gasteiger partial charge >= 0.3 is 0 Å². The van der Waals surface area contributed by atoms with E-state index in [1.807, 2.05) is 20.9 Å². The SMILES string of the molecule is CNC(C1CCC1)C(C)(C)O. The van der Waals surface area contributed by atoms with Crippen molar-refractivity contribution in [2.45, 2.75) is 44.8 Å². The topological polar surface area (TPSA) is 32.3 Å². The van der Waals surface area contributed by atoms with Crippen LogP contribution in [-0.4, -0.2) is 23.8 Å². The smallest absolute Gasteiger partial charge is 0.0746 e. The molecule has 1 aliphatic rings. The molecule has 0 aromatic carbocycles. The van der Waals surface area contributed by atoms with Gasteiger partial charge in [0.05, 0.1) is 5.60 Å². The number of hydrogen-bond donors (Lipinski definition) is 2. The van der Waals surface area contributed by atoms with Crippen LogP contribution < -0.4 is 5.32 Å². The first-order valence-corrected chi connectivity index (χ1v) is 4.45. The van der Waals surface area contributed by atoms with Crippen molar-refractivity contribution < 1.29 is 5.11 Å². The maximum Gasteiger partial charge on any atom is 0.0746 e. The molecule has 0 aromatic heterocycles. The third kappa shape index (κ3) is 1.94. The minimum absolute atomic E-state index is 0.274. The van der Waals surface area contributed by atoms with E-state index in [-0.39, 0.29) is 6.04 Å². The summed E-state index contributed by atoms with van der Waals surface area (Å²) >= 11 is 0. The number of likely N-dealkylation sites (N-methyl/N-ethyl adjacent to an activating group) is 1. The van der Waals surface area contributed by atoms with E-state index in [1.165, 1.54) is 19.3 Å². The van der Waals surface area contributed by atoms with Crippen LogP contribution >= 0.6 is 0 Å². The molecular formula is C9H19NO. The normalized spacial score (nSPS) is 22.9. The van der Waals surface area contributed by atoms with E-state index >= 15 is 0 Å². The molecule has 0 heterocycles. The van der Waals surface area contributed by atoms with Gasteiger partial charge in [-0.2, -0.15) is 0 Å². The summed E-state index contributed by atoms with van der Waals surface area (Å²) in [6.45, 7) is 3.76. The first kappa shape index (κ1) is 9.01. The van der Waals surface area contributed by atoms with Gasteiger partial charge in [0.1, 0.15) is 0 Å². The molecule has 0 saturated heterocycles. The molecule has 1 fully saturated rings. The Bertz CT molecular complexity index is 124. The van der Waals surface area contributed by atoms with Crippen LogP contribution in [0.15, 0.2) is 0 Å². The van der Waals surface area contributed by atoms with Crippen LogP contribution in [0.5, 0.6) is 0 Å². The number of hydrogen-bond acceptors (Lipinski definition) is 2. The maximum atomic E-state index is 9.75. The highest BCUT2D eigenvalue weighted by Crippen LogP contribution is 2.33. The van der Waals surface area contributed by atoms with E-state index in [0.29, 0.717) is 5.92 Å². The van der Waals surface area contributed by atoms with Crippen molar-refractivity contribution >= 4 is 0 Å². The standard InChI is InChI=1S/C9H19NO/c1-9(2,11)8(10-3)7-5-4-6-7/h7-8,10-11H,4-6H2,1-3H3. The molecule has 2 nitrogen and oxygen atoms in total. The molecule has 1 aliphatic carbocycles. The Morgan fingerprint density at radius 2 is 2.00 bits per heavy atom. The Morgan fingerprint density at radius 3 is 2.09 bits per heavy atom. The lowest BCUT2D eigenvalue weighted by atomic mass is 9.74. The molecule has 11 heavy (non-hydrogen) atoms. The second-order valence-corrected chi connectivity index (χ2v) is 4.11. The average molecular weight is 157 g/mol. The quantitative estimate of drug-likeness (QED) is 0.644. The van der Waals surface area contributed by atoms with E-state index in [9.17, 15) is 5.11 Å². The van der Waals surface area contributed by atoms with Gasteiger partial charge < -0.3 is 10.4 Å². The van der Waals surface area contributed by atoms with E-state index in [1.54, 1.807) is 0 Å². The van der Waals surface area contributed by atoms with Gasteiger partial charge in [-0.1, -0.05) is 6.42 Å². The molecular weight excluding hydrogens is 138 g/mol. The summed E-state index contributed by atoms with van der Waals surface area (Å²) in [6.07, 6.45) is 3.88. The van der Waals surface area contributed by atoms with Crippen molar-refractivity contribution in [2.24, 2.45) is 5.92 Å². The molecule has 66 valence electrons. The Balaban J connectivity index is 2.48. The number of aliphatic hydroxyl groups is 1. The van der Waals surface area contributed by atoms with Crippen LogP contribution in [0.3, 0.4) is 0 Å². The van der Waals surface area contributed by atoms with E-state index < -0.39 is 5.60 Å². The zero-order valence-corrected chi connectivity index (χ0v) is 7.72. The van der Waals surface area contributed by atoms with Crippen LogP contribution in [-0.2, 0) is 0 Å². The van der Waals surface area contributed by atoms with E-state index in [0.717, 1.165) is 0 Å². The van der Waals surface area contributed by atoms with Gasteiger partial charge in [-0.25, -0.2) is 0 Å². The Kier molecular flexibility index (Phi) is 2.55. The molecule has 0 radical (unpaired) electrons. The predicted molar refractivity (Wildman–Crippen MR) is 46.5 cm³/mol. The maximum absolute atomic E-state index is 9.75. The zero-order chi connectivity index (χ0) is 8.48. The second kappa shape index (κ2) is 3.11.